The molecule has 0 bridgehead atoms. The summed E-state index contributed by atoms with van der Waals surface area (Å²) in [5, 5.41) is 0. The molecule has 1 aromatic carbocycles. The lowest BCUT2D eigenvalue weighted by Crippen LogP contribution is -2.38. The number of amides is 1. The lowest BCUT2D eigenvalue weighted by atomic mass is 9.86. The molecule has 4 nitrogen and oxygen atoms in total. The number of hydrogen-bond donors (Lipinski definition) is 3. The molecule has 16 heavy (non-hydrogen) atoms. The molecule has 0 saturated carbocycles. The first kappa shape index (κ1) is 12.7. The second-order valence-electron chi connectivity index (χ2n) is 4.86. The Morgan fingerprint density at radius 1 is 1.25 bits per heavy atom. The normalized spacial score (nSPS) is 13.3. The van der Waals surface area contributed by atoms with Crippen LogP contribution in [-0.4, -0.2) is 5.91 Å². The van der Waals surface area contributed by atoms with E-state index < -0.39 is 6.04 Å². The molecule has 4 heteroatoms. The minimum absolute atomic E-state index is 0.0960. The van der Waals surface area contributed by atoms with Crippen molar-refractivity contribution in [3.05, 3.63) is 35.4 Å². The minimum Gasteiger partial charge on any atom is -0.316 e. The molecule has 0 fully saturated rings. The molecule has 1 unspecified atom stereocenters. The van der Waals surface area contributed by atoms with Gasteiger partial charge in [-0.05, 0) is 16.5 Å². The molecular weight excluding hydrogens is 202 g/mol. The van der Waals surface area contributed by atoms with E-state index in [-0.39, 0.29) is 11.3 Å². The third-order valence-corrected chi connectivity index (χ3v) is 2.56. The summed E-state index contributed by atoms with van der Waals surface area (Å²) < 4.78 is 0. The molecule has 0 saturated heterocycles. The van der Waals surface area contributed by atoms with Crippen LogP contribution in [0.4, 0.5) is 0 Å². The smallest absolute Gasteiger partial charge is 0.255 e. The Morgan fingerprint density at radius 3 is 2.12 bits per heavy atom. The number of carbonyl (C=O) groups excluding carboxylic acids is 1. The maximum atomic E-state index is 11.2. The summed E-state index contributed by atoms with van der Waals surface area (Å²) in [6, 6.07) is 6.98. The van der Waals surface area contributed by atoms with Crippen LogP contribution in [0.3, 0.4) is 0 Å². The van der Waals surface area contributed by atoms with Crippen LogP contribution in [0.15, 0.2) is 24.3 Å². The second-order valence-corrected chi connectivity index (χ2v) is 4.86. The highest BCUT2D eigenvalue weighted by molar-refractivity contribution is 5.82. The SMILES string of the molecule is CC(C)(C)c1ccc(C(N)C(=O)NN)cc1. The number of nitrogens with two attached hydrogens (primary N) is 2. The van der Waals surface area contributed by atoms with Gasteiger partial charge in [0.05, 0.1) is 0 Å². The van der Waals surface area contributed by atoms with Crippen LogP contribution in [0.25, 0.3) is 0 Å². The number of benzene rings is 1. The van der Waals surface area contributed by atoms with Gasteiger partial charge in [-0.15, -0.1) is 0 Å². The maximum Gasteiger partial charge on any atom is 0.255 e. The second kappa shape index (κ2) is 4.63. The Morgan fingerprint density at radius 2 is 1.75 bits per heavy atom. The van der Waals surface area contributed by atoms with Gasteiger partial charge in [0.25, 0.3) is 5.91 Å². The molecule has 1 rings (SSSR count). The van der Waals surface area contributed by atoms with E-state index in [4.69, 9.17) is 11.6 Å². The number of rotatable bonds is 2. The van der Waals surface area contributed by atoms with E-state index in [1.807, 2.05) is 29.7 Å². The van der Waals surface area contributed by atoms with E-state index in [0.29, 0.717) is 0 Å². The molecular formula is C12H19N3O. The summed E-state index contributed by atoms with van der Waals surface area (Å²) in [7, 11) is 0. The van der Waals surface area contributed by atoms with Crippen molar-refractivity contribution in [2.45, 2.75) is 32.2 Å². The number of carbonyl (C=O) groups is 1. The first-order chi connectivity index (χ1) is 7.36. The van der Waals surface area contributed by atoms with Gasteiger partial charge in [0, 0.05) is 0 Å². The van der Waals surface area contributed by atoms with E-state index in [2.05, 4.69) is 20.8 Å². The molecule has 1 atom stereocenters. The molecule has 1 aromatic rings. The van der Waals surface area contributed by atoms with E-state index >= 15 is 0 Å². The maximum absolute atomic E-state index is 11.2. The molecule has 0 aromatic heterocycles. The van der Waals surface area contributed by atoms with Gasteiger partial charge in [-0.1, -0.05) is 45.0 Å². The van der Waals surface area contributed by atoms with Gasteiger partial charge in [-0.2, -0.15) is 0 Å². The molecule has 0 aliphatic carbocycles. The average molecular weight is 221 g/mol. The summed E-state index contributed by atoms with van der Waals surface area (Å²) in [6.45, 7) is 6.40. The van der Waals surface area contributed by atoms with Crippen LogP contribution in [0.1, 0.15) is 37.9 Å². The molecule has 0 radical (unpaired) electrons. The molecule has 1 amide bonds. The standard InChI is InChI=1S/C12H19N3O/c1-12(2,3)9-6-4-8(5-7-9)10(13)11(16)15-14/h4-7,10H,13-14H2,1-3H3,(H,15,16). The first-order valence-corrected chi connectivity index (χ1v) is 5.22. The highest BCUT2D eigenvalue weighted by Crippen LogP contribution is 2.23. The summed E-state index contributed by atoms with van der Waals surface area (Å²) in [5.41, 5.74) is 9.82. The average Bonchev–Trinajstić information content (AvgIpc) is 2.26. The molecule has 5 N–H and O–H groups in total. The van der Waals surface area contributed by atoms with Gasteiger partial charge >= 0.3 is 0 Å². The molecule has 0 aliphatic heterocycles. The molecule has 0 aliphatic rings. The van der Waals surface area contributed by atoms with Crippen LogP contribution in [-0.2, 0) is 10.2 Å². The van der Waals surface area contributed by atoms with Crippen molar-refractivity contribution in [1.82, 2.24) is 5.43 Å². The lowest BCUT2D eigenvalue weighted by Gasteiger charge is -2.20. The lowest BCUT2D eigenvalue weighted by molar-refractivity contribution is -0.122. The summed E-state index contributed by atoms with van der Waals surface area (Å²) >= 11 is 0. The summed E-state index contributed by atoms with van der Waals surface area (Å²) in [4.78, 5) is 11.2. The van der Waals surface area contributed by atoms with Crippen molar-refractivity contribution < 1.29 is 4.79 Å². The van der Waals surface area contributed by atoms with Crippen molar-refractivity contribution in [3.8, 4) is 0 Å². The van der Waals surface area contributed by atoms with Crippen LogP contribution in [0.2, 0.25) is 0 Å². The third kappa shape index (κ3) is 2.81. The fourth-order valence-electron chi connectivity index (χ4n) is 1.43. The Hall–Kier alpha value is -1.39. The fraction of sp³-hybridized carbons (Fsp3) is 0.417. The molecule has 88 valence electrons. The number of hydrazine groups is 1. The predicted octanol–water partition coefficient (Wildman–Crippen LogP) is 0.974. The van der Waals surface area contributed by atoms with Gasteiger partial charge in [0.15, 0.2) is 0 Å². The van der Waals surface area contributed by atoms with Crippen LogP contribution in [0.5, 0.6) is 0 Å². The quantitative estimate of drug-likeness (QED) is 0.395. The van der Waals surface area contributed by atoms with E-state index in [0.717, 1.165) is 5.56 Å². The van der Waals surface area contributed by atoms with Gasteiger partial charge < -0.3 is 5.73 Å². The Bertz CT molecular complexity index is 365. The highest BCUT2D eigenvalue weighted by Gasteiger charge is 2.17. The van der Waals surface area contributed by atoms with Gasteiger partial charge in [0.2, 0.25) is 0 Å². The minimum atomic E-state index is -0.709. The highest BCUT2D eigenvalue weighted by atomic mass is 16.2. The van der Waals surface area contributed by atoms with Gasteiger partial charge in [-0.25, -0.2) is 5.84 Å². The van der Waals surface area contributed by atoms with Crippen molar-refractivity contribution >= 4 is 5.91 Å². The van der Waals surface area contributed by atoms with Crippen LogP contribution < -0.4 is 17.0 Å². The molecule has 0 heterocycles. The Balaban J connectivity index is 2.91. The zero-order chi connectivity index (χ0) is 12.3. The van der Waals surface area contributed by atoms with Crippen LogP contribution in [0, 0.1) is 0 Å². The third-order valence-electron chi connectivity index (χ3n) is 2.56. The van der Waals surface area contributed by atoms with Gasteiger partial charge in [0.1, 0.15) is 6.04 Å². The van der Waals surface area contributed by atoms with Crippen molar-refractivity contribution in [2.75, 3.05) is 0 Å². The van der Waals surface area contributed by atoms with E-state index in [1.54, 1.807) is 0 Å². The monoisotopic (exact) mass is 221 g/mol. The van der Waals surface area contributed by atoms with Crippen molar-refractivity contribution in [3.63, 3.8) is 0 Å². The van der Waals surface area contributed by atoms with Crippen molar-refractivity contribution in [2.24, 2.45) is 11.6 Å². The molecule has 0 spiro atoms. The van der Waals surface area contributed by atoms with E-state index in [9.17, 15) is 4.79 Å². The van der Waals surface area contributed by atoms with Gasteiger partial charge in [-0.3, -0.25) is 10.2 Å². The Kier molecular flexibility index (Phi) is 3.67. The predicted molar refractivity (Wildman–Crippen MR) is 64.4 cm³/mol. The largest absolute Gasteiger partial charge is 0.316 e. The topological polar surface area (TPSA) is 81.1 Å². The number of hydrogen-bond acceptors (Lipinski definition) is 3. The van der Waals surface area contributed by atoms with Crippen molar-refractivity contribution in [1.29, 1.82) is 0 Å². The summed E-state index contributed by atoms with van der Waals surface area (Å²) in [6.07, 6.45) is 0. The van der Waals surface area contributed by atoms with E-state index in [1.165, 1.54) is 5.56 Å². The zero-order valence-electron chi connectivity index (χ0n) is 9.95. The first-order valence-electron chi connectivity index (χ1n) is 5.22. The summed E-state index contributed by atoms with van der Waals surface area (Å²) in [5.74, 6) is 4.64. The Labute approximate surface area is 96.0 Å². The zero-order valence-corrected chi connectivity index (χ0v) is 9.95. The van der Waals surface area contributed by atoms with Crippen LogP contribution >= 0.6 is 0 Å². The fourth-order valence-corrected chi connectivity index (χ4v) is 1.43. The number of nitrogens with one attached hydrogen (secondary N) is 1.